The summed E-state index contributed by atoms with van der Waals surface area (Å²) in [5.74, 6) is 1.14. The predicted octanol–water partition coefficient (Wildman–Crippen LogP) is 3.90. The molecule has 8 heteroatoms. The number of Topliss-reactive ketones (excluding diaryl/α,β-unsaturated/α-hetero) is 1. The van der Waals surface area contributed by atoms with E-state index < -0.39 is 11.7 Å². The summed E-state index contributed by atoms with van der Waals surface area (Å²) < 4.78 is 49.6. The summed E-state index contributed by atoms with van der Waals surface area (Å²) in [6, 6.07) is 9.07. The highest BCUT2D eigenvalue weighted by molar-refractivity contribution is 6.03. The van der Waals surface area contributed by atoms with Crippen LogP contribution in [0.5, 0.6) is 11.5 Å². The lowest BCUT2D eigenvalue weighted by Crippen LogP contribution is -2.48. The Hall–Kier alpha value is -2.74. The summed E-state index contributed by atoms with van der Waals surface area (Å²) in [5, 5.41) is 0. The van der Waals surface area contributed by atoms with Gasteiger partial charge in [0.15, 0.2) is 17.3 Å². The highest BCUT2D eigenvalue weighted by atomic mass is 19.4. The average molecular weight is 434 g/mol. The van der Waals surface area contributed by atoms with E-state index in [-0.39, 0.29) is 11.7 Å². The molecule has 0 amide bonds. The van der Waals surface area contributed by atoms with E-state index in [9.17, 15) is 18.0 Å². The maximum Gasteiger partial charge on any atom is 0.416 e. The van der Waals surface area contributed by atoms with E-state index in [2.05, 4.69) is 4.90 Å². The third-order valence-electron chi connectivity index (χ3n) is 6.10. The zero-order valence-corrected chi connectivity index (χ0v) is 17.5. The Labute approximate surface area is 179 Å². The number of rotatable bonds is 5. The van der Waals surface area contributed by atoms with Crippen LogP contribution in [0, 0.1) is 5.92 Å². The quantitative estimate of drug-likeness (QED) is 0.714. The molecule has 0 radical (unpaired) electrons. The molecule has 166 valence electrons. The number of anilines is 1. The molecule has 1 aliphatic heterocycles. The maximum absolute atomic E-state index is 13.0. The van der Waals surface area contributed by atoms with E-state index in [0.717, 1.165) is 11.6 Å². The molecule has 1 atom stereocenters. The fourth-order valence-corrected chi connectivity index (χ4v) is 4.42. The normalized spacial score (nSPS) is 19.5. The number of halogens is 3. The summed E-state index contributed by atoms with van der Waals surface area (Å²) in [7, 11) is 3.12. The van der Waals surface area contributed by atoms with Crippen LogP contribution in [0.3, 0.4) is 0 Å². The van der Waals surface area contributed by atoms with Crippen LogP contribution in [0.2, 0.25) is 0 Å². The molecule has 1 fully saturated rings. The molecule has 0 saturated carbocycles. The van der Waals surface area contributed by atoms with Crippen molar-refractivity contribution in [2.24, 2.45) is 5.92 Å². The van der Waals surface area contributed by atoms with Gasteiger partial charge in [0.1, 0.15) is 0 Å². The Morgan fingerprint density at radius 2 is 1.68 bits per heavy atom. The minimum Gasteiger partial charge on any atom is -0.493 e. The van der Waals surface area contributed by atoms with Crippen LogP contribution in [0.25, 0.3) is 0 Å². The van der Waals surface area contributed by atoms with E-state index >= 15 is 0 Å². The molecule has 0 spiro atoms. The third-order valence-corrected chi connectivity index (χ3v) is 6.10. The lowest BCUT2D eigenvalue weighted by molar-refractivity contribution is -0.137. The number of carbonyl (C=O) groups is 1. The van der Waals surface area contributed by atoms with Gasteiger partial charge < -0.3 is 14.4 Å². The van der Waals surface area contributed by atoms with Crippen molar-refractivity contribution in [3.05, 3.63) is 53.1 Å². The molecular weight excluding hydrogens is 409 g/mol. The lowest BCUT2D eigenvalue weighted by atomic mass is 10.0. The minimum absolute atomic E-state index is 0.108. The first-order chi connectivity index (χ1) is 14.8. The second-order valence-electron chi connectivity index (χ2n) is 7.97. The monoisotopic (exact) mass is 434 g/mol. The molecule has 0 N–H and O–H groups in total. The summed E-state index contributed by atoms with van der Waals surface area (Å²) >= 11 is 0. The maximum atomic E-state index is 13.0. The molecule has 4 rings (SSSR count). The molecule has 1 heterocycles. The largest absolute Gasteiger partial charge is 0.493 e. The van der Waals surface area contributed by atoms with Gasteiger partial charge in [0, 0.05) is 49.9 Å². The molecule has 5 nitrogen and oxygen atoms in total. The Morgan fingerprint density at radius 1 is 1.00 bits per heavy atom. The van der Waals surface area contributed by atoms with E-state index in [1.54, 1.807) is 26.4 Å². The average Bonchev–Trinajstić information content (AvgIpc) is 3.07. The predicted molar refractivity (Wildman–Crippen MR) is 111 cm³/mol. The number of methoxy groups -OCH3 is 2. The molecule has 0 bridgehead atoms. The van der Waals surface area contributed by atoms with Crippen LogP contribution < -0.4 is 14.4 Å². The van der Waals surface area contributed by atoms with Gasteiger partial charge in [-0.3, -0.25) is 9.69 Å². The zero-order valence-electron chi connectivity index (χ0n) is 17.5. The number of hydrogen-bond donors (Lipinski definition) is 0. The molecule has 2 aromatic rings. The van der Waals surface area contributed by atoms with Crippen LogP contribution in [0.4, 0.5) is 18.9 Å². The van der Waals surface area contributed by atoms with E-state index in [1.807, 2.05) is 11.0 Å². The van der Waals surface area contributed by atoms with E-state index in [1.165, 1.54) is 12.1 Å². The number of ketones is 1. The fraction of sp³-hybridized carbons (Fsp3) is 0.435. The van der Waals surface area contributed by atoms with Gasteiger partial charge in [-0.15, -0.1) is 0 Å². The third kappa shape index (κ3) is 4.35. The molecule has 0 aromatic heterocycles. The smallest absolute Gasteiger partial charge is 0.416 e. The second kappa shape index (κ2) is 8.42. The van der Waals surface area contributed by atoms with Crippen molar-refractivity contribution in [3.8, 4) is 11.5 Å². The first-order valence-electron chi connectivity index (χ1n) is 10.2. The molecule has 1 saturated heterocycles. The number of benzene rings is 2. The van der Waals surface area contributed by atoms with Gasteiger partial charge in [-0.2, -0.15) is 13.2 Å². The van der Waals surface area contributed by atoms with Gasteiger partial charge in [-0.05, 0) is 42.3 Å². The SMILES string of the molecule is COc1cc2c(cc1OC)C(=O)C(CN1CCN(c3cccc(C(F)(F)F)c3)CC1)C2. The van der Waals surface area contributed by atoms with Gasteiger partial charge in [-0.1, -0.05) is 6.07 Å². The van der Waals surface area contributed by atoms with Gasteiger partial charge in [0.25, 0.3) is 0 Å². The zero-order chi connectivity index (χ0) is 22.2. The molecule has 1 unspecified atom stereocenters. The first kappa shape index (κ1) is 21.5. The Bertz CT molecular complexity index is 969. The van der Waals surface area contributed by atoms with Crippen molar-refractivity contribution in [2.45, 2.75) is 12.6 Å². The van der Waals surface area contributed by atoms with E-state index in [4.69, 9.17) is 9.47 Å². The number of fused-ring (bicyclic) bond motifs is 1. The van der Waals surface area contributed by atoms with Crippen molar-refractivity contribution < 1.29 is 27.4 Å². The van der Waals surface area contributed by atoms with Crippen LogP contribution in [0.15, 0.2) is 36.4 Å². The lowest BCUT2D eigenvalue weighted by Gasteiger charge is -2.37. The highest BCUT2D eigenvalue weighted by Crippen LogP contribution is 2.37. The van der Waals surface area contributed by atoms with Crippen molar-refractivity contribution in [1.29, 1.82) is 0 Å². The molecule has 2 aliphatic rings. The summed E-state index contributed by atoms with van der Waals surface area (Å²) in [4.78, 5) is 17.1. The number of piperazine rings is 1. The topological polar surface area (TPSA) is 42.0 Å². The van der Waals surface area contributed by atoms with Gasteiger partial charge in [-0.25, -0.2) is 0 Å². The Kier molecular flexibility index (Phi) is 5.83. The van der Waals surface area contributed by atoms with Crippen molar-refractivity contribution in [2.75, 3.05) is 51.8 Å². The van der Waals surface area contributed by atoms with Crippen molar-refractivity contribution >= 4 is 11.5 Å². The van der Waals surface area contributed by atoms with Crippen LogP contribution in [0.1, 0.15) is 21.5 Å². The van der Waals surface area contributed by atoms with E-state index in [0.29, 0.717) is 61.9 Å². The number of alkyl halides is 3. The molecule has 1 aliphatic carbocycles. The highest BCUT2D eigenvalue weighted by Gasteiger charge is 2.34. The fourth-order valence-electron chi connectivity index (χ4n) is 4.42. The van der Waals surface area contributed by atoms with Crippen molar-refractivity contribution in [3.63, 3.8) is 0 Å². The number of nitrogens with zero attached hydrogens (tertiary/aromatic N) is 2. The summed E-state index contributed by atoms with van der Waals surface area (Å²) in [5.41, 5.74) is 1.60. The van der Waals surface area contributed by atoms with Gasteiger partial charge >= 0.3 is 6.18 Å². The van der Waals surface area contributed by atoms with Crippen LogP contribution >= 0.6 is 0 Å². The van der Waals surface area contributed by atoms with Crippen LogP contribution in [-0.4, -0.2) is 57.6 Å². The van der Waals surface area contributed by atoms with Gasteiger partial charge in [0.2, 0.25) is 0 Å². The molecule has 31 heavy (non-hydrogen) atoms. The number of hydrogen-bond acceptors (Lipinski definition) is 5. The Morgan fingerprint density at radius 3 is 2.32 bits per heavy atom. The van der Waals surface area contributed by atoms with Crippen LogP contribution in [-0.2, 0) is 12.6 Å². The first-order valence-corrected chi connectivity index (χ1v) is 10.2. The standard InChI is InChI=1S/C23H25F3N2O3/c1-30-20-11-15-10-16(22(29)19(15)13-21(20)31-2)14-27-6-8-28(9-7-27)18-5-3-4-17(12-18)23(24,25)26/h3-5,11-13,16H,6-10,14H2,1-2H3. The summed E-state index contributed by atoms with van der Waals surface area (Å²) in [6.07, 6.45) is -3.69. The Balaban J connectivity index is 1.38. The number of ether oxygens (including phenoxy) is 2. The number of carbonyl (C=O) groups excluding carboxylic acids is 1. The minimum atomic E-state index is -4.35. The van der Waals surface area contributed by atoms with Gasteiger partial charge in [0.05, 0.1) is 19.8 Å². The summed E-state index contributed by atoms with van der Waals surface area (Å²) in [6.45, 7) is 3.27. The van der Waals surface area contributed by atoms with Crippen molar-refractivity contribution in [1.82, 2.24) is 4.90 Å². The molecule has 2 aromatic carbocycles. The molecular formula is C23H25F3N2O3. The second-order valence-corrected chi connectivity index (χ2v) is 7.97.